The van der Waals surface area contributed by atoms with Gasteiger partial charge in [0, 0.05) is 24.7 Å². The summed E-state index contributed by atoms with van der Waals surface area (Å²) in [6.45, 7) is 8.46. The third-order valence-electron chi connectivity index (χ3n) is 4.62. The highest BCUT2D eigenvalue weighted by atomic mass is 32.1. The van der Waals surface area contributed by atoms with E-state index < -0.39 is 0 Å². The van der Waals surface area contributed by atoms with Crippen molar-refractivity contribution in [3.8, 4) is 0 Å². The van der Waals surface area contributed by atoms with Crippen molar-refractivity contribution in [1.29, 1.82) is 0 Å². The first kappa shape index (κ1) is 15.9. The molecule has 1 heterocycles. The number of hydrogen-bond donors (Lipinski definition) is 1. The molecular formula is C16H28N2OS. The van der Waals surface area contributed by atoms with Gasteiger partial charge in [0.1, 0.15) is 5.01 Å². The monoisotopic (exact) mass is 296 g/mol. The second-order valence-corrected chi connectivity index (χ2v) is 7.24. The van der Waals surface area contributed by atoms with Gasteiger partial charge in [-0.1, -0.05) is 13.8 Å². The minimum absolute atomic E-state index is 0.0862. The standard InChI is InChI=1S/C16H28N2OS/c1-12(2)14-5-7-16(8-6-14,17-9-10-19-4)15-18-13(3)11-20-15/h11-12,14,17H,5-10H2,1-4H3. The maximum Gasteiger partial charge on any atom is 0.113 e. The first-order valence-corrected chi connectivity index (χ1v) is 8.62. The fourth-order valence-corrected chi connectivity index (χ4v) is 4.27. The fourth-order valence-electron chi connectivity index (χ4n) is 3.23. The van der Waals surface area contributed by atoms with Crippen LogP contribution in [0.3, 0.4) is 0 Å². The largest absolute Gasteiger partial charge is 0.383 e. The van der Waals surface area contributed by atoms with Crippen LogP contribution in [0.5, 0.6) is 0 Å². The van der Waals surface area contributed by atoms with E-state index >= 15 is 0 Å². The van der Waals surface area contributed by atoms with Gasteiger partial charge in [-0.25, -0.2) is 4.98 Å². The number of methoxy groups -OCH3 is 1. The number of ether oxygens (including phenoxy) is 1. The van der Waals surface area contributed by atoms with Gasteiger partial charge in [0.25, 0.3) is 0 Å². The summed E-state index contributed by atoms with van der Waals surface area (Å²) in [5.74, 6) is 1.67. The molecule has 1 aliphatic rings. The van der Waals surface area contributed by atoms with Crippen molar-refractivity contribution in [3.05, 3.63) is 16.1 Å². The lowest BCUT2D eigenvalue weighted by atomic mass is 9.73. The Hall–Kier alpha value is -0.450. The van der Waals surface area contributed by atoms with Gasteiger partial charge >= 0.3 is 0 Å². The number of thiazole rings is 1. The summed E-state index contributed by atoms with van der Waals surface area (Å²) < 4.78 is 5.20. The van der Waals surface area contributed by atoms with E-state index in [1.807, 2.05) is 11.3 Å². The maximum absolute atomic E-state index is 5.20. The van der Waals surface area contributed by atoms with Crippen molar-refractivity contribution >= 4 is 11.3 Å². The summed E-state index contributed by atoms with van der Waals surface area (Å²) in [5.41, 5.74) is 1.23. The summed E-state index contributed by atoms with van der Waals surface area (Å²) >= 11 is 1.81. The molecule has 0 radical (unpaired) electrons. The van der Waals surface area contributed by atoms with E-state index in [1.54, 1.807) is 7.11 Å². The fraction of sp³-hybridized carbons (Fsp3) is 0.812. The molecule has 1 aromatic heterocycles. The Kier molecular flexibility index (Phi) is 5.58. The average Bonchev–Trinajstić information content (AvgIpc) is 2.87. The van der Waals surface area contributed by atoms with E-state index in [0.29, 0.717) is 0 Å². The minimum atomic E-state index is 0.0862. The molecule has 114 valence electrons. The third kappa shape index (κ3) is 3.60. The zero-order valence-electron chi connectivity index (χ0n) is 13.2. The maximum atomic E-state index is 5.20. The SMILES string of the molecule is COCCNC1(c2nc(C)cs2)CCC(C(C)C)CC1. The Balaban J connectivity index is 2.10. The van der Waals surface area contributed by atoms with E-state index in [-0.39, 0.29) is 5.54 Å². The number of hydrogen-bond acceptors (Lipinski definition) is 4. The topological polar surface area (TPSA) is 34.1 Å². The van der Waals surface area contributed by atoms with Crippen LogP contribution in [0.4, 0.5) is 0 Å². The van der Waals surface area contributed by atoms with Crippen LogP contribution < -0.4 is 5.32 Å². The zero-order valence-corrected chi connectivity index (χ0v) is 14.1. The Bertz CT molecular complexity index is 408. The summed E-state index contributed by atoms with van der Waals surface area (Å²) in [5, 5.41) is 7.19. The molecule has 1 fully saturated rings. The minimum Gasteiger partial charge on any atom is -0.383 e. The van der Waals surface area contributed by atoms with Gasteiger partial charge < -0.3 is 10.1 Å². The van der Waals surface area contributed by atoms with Crippen molar-refractivity contribution < 1.29 is 4.74 Å². The van der Waals surface area contributed by atoms with Crippen LogP contribution in [0.25, 0.3) is 0 Å². The van der Waals surface area contributed by atoms with Crippen LogP contribution in [0.2, 0.25) is 0 Å². The Morgan fingerprint density at radius 2 is 2.15 bits per heavy atom. The van der Waals surface area contributed by atoms with Crippen LogP contribution >= 0.6 is 11.3 Å². The van der Waals surface area contributed by atoms with Crippen LogP contribution in [-0.2, 0) is 10.3 Å². The molecule has 4 heteroatoms. The Morgan fingerprint density at radius 3 is 2.65 bits per heavy atom. The molecule has 0 unspecified atom stereocenters. The van der Waals surface area contributed by atoms with Crippen LogP contribution in [0.1, 0.15) is 50.2 Å². The molecule has 1 aliphatic carbocycles. The molecule has 0 amide bonds. The first-order valence-electron chi connectivity index (χ1n) is 7.74. The number of aryl methyl sites for hydroxylation is 1. The van der Waals surface area contributed by atoms with Gasteiger partial charge in [0.05, 0.1) is 12.1 Å². The second-order valence-electron chi connectivity index (χ2n) is 6.38. The van der Waals surface area contributed by atoms with Crippen LogP contribution in [0, 0.1) is 18.8 Å². The molecule has 0 saturated heterocycles. The second kappa shape index (κ2) is 7.01. The Labute approximate surface area is 127 Å². The zero-order chi connectivity index (χ0) is 14.6. The summed E-state index contributed by atoms with van der Waals surface area (Å²) in [4.78, 5) is 4.77. The number of rotatable bonds is 6. The molecule has 1 saturated carbocycles. The predicted octanol–water partition coefficient (Wildman–Crippen LogP) is 3.73. The number of nitrogens with one attached hydrogen (secondary N) is 1. The molecule has 20 heavy (non-hydrogen) atoms. The molecule has 1 N–H and O–H groups in total. The van der Waals surface area contributed by atoms with Crippen molar-refractivity contribution in [1.82, 2.24) is 10.3 Å². The van der Waals surface area contributed by atoms with Crippen molar-refractivity contribution in [2.45, 2.75) is 52.0 Å². The molecule has 3 nitrogen and oxygen atoms in total. The van der Waals surface area contributed by atoms with E-state index in [9.17, 15) is 0 Å². The molecule has 0 aliphatic heterocycles. The van der Waals surface area contributed by atoms with Crippen molar-refractivity contribution in [3.63, 3.8) is 0 Å². The van der Waals surface area contributed by atoms with Gasteiger partial charge in [-0.15, -0.1) is 11.3 Å². The lowest BCUT2D eigenvalue weighted by molar-refractivity contribution is 0.137. The van der Waals surface area contributed by atoms with Crippen molar-refractivity contribution in [2.24, 2.45) is 11.8 Å². The molecule has 2 rings (SSSR count). The number of nitrogens with zero attached hydrogens (tertiary/aromatic N) is 1. The first-order chi connectivity index (χ1) is 9.57. The van der Waals surface area contributed by atoms with Crippen molar-refractivity contribution in [2.75, 3.05) is 20.3 Å². The highest BCUT2D eigenvalue weighted by Crippen LogP contribution is 2.42. The normalized spacial score (nSPS) is 27.1. The average molecular weight is 296 g/mol. The summed E-state index contributed by atoms with van der Waals surface area (Å²) in [6, 6.07) is 0. The molecule has 1 aromatic rings. The molecular weight excluding hydrogens is 268 g/mol. The van der Waals surface area contributed by atoms with Gasteiger partial charge in [0.2, 0.25) is 0 Å². The lowest BCUT2D eigenvalue weighted by Gasteiger charge is -2.41. The molecule has 0 aromatic carbocycles. The summed E-state index contributed by atoms with van der Waals surface area (Å²) in [7, 11) is 1.76. The van der Waals surface area contributed by atoms with E-state index in [0.717, 1.165) is 30.7 Å². The van der Waals surface area contributed by atoms with E-state index in [2.05, 4.69) is 31.5 Å². The smallest absolute Gasteiger partial charge is 0.113 e. The predicted molar refractivity (Wildman–Crippen MR) is 85.2 cm³/mol. The molecule has 0 spiro atoms. The van der Waals surface area contributed by atoms with Gasteiger partial charge in [-0.2, -0.15) is 0 Å². The van der Waals surface area contributed by atoms with Crippen LogP contribution in [0.15, 0.2) is 5.38 Å². The highest BCUT2D eigenvalue weighted by molar-refractivity contribution is 7.09. The van der Waals surface area contributed by atoms with Gasteiger partial charge in [-0.3, -0.25) is 0 Å². The number of aromatic nitrogens is 1. The molecule has 0 atom stereocenters. The lowest BCUT2D eigenvalue weighted by Crippen LogP contribution is -2.47. The quantitative estimate of drug-likeness (QED) is 0.812. The van der Waals surface area contributed by atoms with Gasteiger partial charge in [0.15, 0.2) is 0 Å². The summed E-state index contributed by atoms with van der Waals surface area (Å²) in [6.07, 6.45) is 5.01. The third-order valence-corrected chi connectivity index (χ3v) is 5.79. The van der Waals surface area contributed by atoms with Crippen LogP contribution in [-0.4, -0.2) is 25.2 Å². The van der Waals surface area contributed by atoms with E-state index in [4.69, 9.17) is 9.72 Å². The van der Waals surface area contributed by atoms with Gasteiger partial charge in [-0.05, 0) is 44.4 Å². The Morgan fingerprint density at radius 1 is 1.45 bits per heavy atom. The highest BCUT2D eigenvalue weighted by Gasteiger charge is 2.39. The molecule has 0 bridgehead atoms. The van der Waals surface area contributed by atoms with E-state index in [1.165, 1.54) is 30.7 Å².